The van der Waals surface area contributed by atoms with Crippen molar-refractivity contribution < 1.29 is 13.6 Å². The largest absolute Gasteiger partial charge is 0.298 e. The van der Waals surface area contributed by atoms with Gasteiger partial charge >= 0.3 is 0 Å². The predicted octanol–water partition coefficient (Wildman–Crippen LogP) is 3.58. The molecule has 1 nitrogen and oxygen atoms in total. The second-order valence-corrected chi connectivity index (χ2v) is 4.56. The van der Waals surface area contributed by atoms with E-state index in [2.05, 4.69) is 0 Å². The molecule has 0 saturated carbocycles. The molecule has 1 aromatic carbocycles. The Labute approximate surface area is 105 Å². The van der Waals surface area contributed by atoms with Gasteiger partial charge in [-0.15, -0.1) is 11.6 Å². The van der Waals surface area contributed by atoms with E-state index in [0.29, 0.717) is 9.13 Å². The molecule has 0 aliphatic heterocycles. The first kappa shape index (κ1) is 12.8. The maximum absolute atomic E-state index is 12.4. The minimum atomic E-state index is -2.51. The minimum Gasteiger partial charge on any atom is -0.298 e. The van der Waals surface area contributed by atoms with E-state index < -0.39 is 6.43 Å². The lowest BCUT2D eigenvalue weighted by atomic mass is 10.1. The molecular formula is C10H8ClF2IO. The van der Waals surface area contributed by atoms with E-state index in [-0.39, 0.29) is 23.6 Å². The van der Waals surface area contributed by atoms with Crippen LogP contribution in [0.3, 0.4) is 0 Å². The number of carbonyl (C=O) groups is 1. The zero-order valence-electron chi connectivity index (χ0n) is 7.64. The summed E-state index contributed by atoms with van der Waals surface area (Å²) in [4.78, 5) is 11.1. The van der Waals surface area contributed by atoms with Crippen molar-refractivity contribution in [2.75, 3.05) is 5.88 Å². The van der Waals surface area contributed by atoms with E-state index in [4.69, 9.17) is 11.6 Å². The summed E-state index contributed by atoms with van der Waals surface area (Å²) >= 11 is 7.29. The molecule has 1 rings (SSSR count). The lowest BCUT2D eigenvalue weighted by molar-refractivity contribution is -0.116. The number of alkyl halides is 3. The summed E-state index contributed by atoms with van der Waals surface area (Å²) in [6.07, 6.45) is -2.40. The second kappa shape index (κ2) is 5.75. The van der Waals surface area contributed by atoms with Crippen LogP contribution in [0.5, 0.6) is 0 Å². The lowest BCUT2D eigenvalue weighted by Gasteiger charge is -2.05. The number of carbonyl (C=O) groups excluding carboxylic acids is 1. The third-order valence-corrected chi connectivity index (χ3v) is 2.70. The van der Waals surface area contributed by atoms with Crippen molar-refractivity contribution in [3.8, 4) is 0 Å². The number of rotatable bonds is 4. The van der Waals surface area contributed by atoms with E-state index in [0.717, 1.165) is 0 Å². The topological polar surface area (TPSA) is 17.1 Å². The Morgan fingerprint density at radius 2 is 2.07 bits per heavy atom. The summed E-state index contributed by atoms with van der Waals surface area (Å²) in [5.74, 6) is -0.256. The molecule has 0 heterocycles. The standard InChI is InChI=1S/C10H8ClF2IO/c11-5-9(15)3-6-1-7(10(12)13)4-8(14)2-6/h1-2,4,10H,3,5H2. The fourth-order valence-corrected chi connectivity index (χ4v) is 2.03. The highest BCUT2D eigenvalue weighted by atomic mass is 127. The summed E-state index contributed by atoms with van der Waals surface area (Å²) in [7, 11) is 0. The van der Waals surface area contributed by atoms with Crippen LogP contribution in [0, 0.1) is 3.57 Å². The maximum atomic E-state index is 12.4. The van der Waals surface area contributed by atoms with Crippen LogP contribution in [0.25, 0.3) is 0 Å². The van der Waals surface area contributed by atoms with Crippen LogP contribution < -0.4 is 0 Å². The molecule has 0 radical (unpaired) electrons. The quantitative estimate of drug-likeness (QED) is 0.603. The predicted molar refractivity (Wildman–Crippen MR) is 63.5 cm³/mol. The number of Topliss-reactive ketones (excluding diaryl/α,β-unsaturated/α-hetero) is 1. The Morgan fingerprint density at radius 3 is 2.60 bits per heavy atom. The molecule has 0 fully saturated rings. The van der Waals surface area contributed by atoms with Gasteiger partial charge in [-0.1, -0.05) is 0 Å². The smallest absolute Gasteiger partial charge is 0.263 e. The van der Waals surface area contributed by atoms with Gasteiger partial charge in [-0.2, -0.15) is 0 Å². The van der Waals surface area contributed by atoms with E-state index in [1.165, 1.54) is 12.1 Å². The number of hydrogen-bond donors (Lipinski definition) is 0. The monoisotopic (exact) mass is 344 g/mol. The molecule has 0 aliphatic carbocycles. The van der Waals surface area contributed by atoms with Crippen LogP contribution in [0.15, 0.2) is 18.2 Å². The van der Waals surface area contributed by atoms with Crippen molar-refractivity contribution in [2.45, 2.75) is 12.8 Å². The third kappa shape index (κ3) is 4.03. The molecule has 5 heteroatoms. The molecule has 0 unspecified atom stereocenters. The summed E-state index contributed by atoms with van der Waals surface area (Å²) in [5.41, 5.74) is 0.530. The molecule has 0 atom stereocenters. The van der Waals surface area contributed by atoms with E-state index in [1.54, 1.807) is 6.07 Å². The SMILES string of the molecule is O=C(CCl)Cc1cc(I)cc(C(F)F)c1. The van der Waals surface area contributed by atoms with Gasteiger partial charge in [-0.25, -0.2) is 8.78 Å². The molecule has 1 aromatic rings. The normalized spacial score (nSPS) is 10.7. The van der Waals surface area contributed by atoms with Crippen molar-refractivity contribution >= 4 is 40.0 Å². The van der Waals surface area contributed by atoms with E-state index >= 15 is 0 Å². The lowest BCUT2D eigenvalue weighted by Crippen LogP contribution is -2.04. The van der Waals surface area contributed by atoms with Crippen molar-refractivity contribution in [1.29, 1.82) is 0 Å². The average Bonchev–Trinajstić information content (AvgIpc) is 2.16. The Kier molecular flexibility index (Phi) is 4.92. The van der Waals surface area contributed by atoms with Gasteiger partial charge in [0.05, 0.1) is 5.88 Å². The fourth-order valence-electron chi connectivity index (χ4n) is 1.18. The fraction of sp³-hybridized carbons (Fsp3) is 0.300. The number of ketones is 1. The first-order chi connectivity index (χ1) is 7.02. The van der Waals surface area contributed by atoms with E-state index in [1.807, 2.05) is 22.6 Å². The molecule has 0 saturated heterocycles. The maximum Gasteiger partial charge on any atom is 0.263 e. The summed E-state index contributed by atoms with van der Waals surface area (Å²) in [6.45, 7) is 0. The Bertz CT molecular complexity index is 368. The van der Waals surface area contributed by atoms with Gasteiger partial charge in [0.25, 0.3) is 6.43 Å². The van der Waals surface area contributed by atoms with Gasteiger partial charge in [0.1, 0.15) is 0 Å². The highest BCUT2D eigenvalue weighted by Gasteiger charge is 2.10. The van der Waals surface area contributed by atoms with Gasteiger partial charge in [0.2, 0.25) is 0 Å². The second-order valence-electron chi connectivity index (χ2n) is 3.04. The Morgan fingerprint density at radius 1 is 1.40 bits per heavy atom. The number of hydrogen-bond acceptors (Lipinski definition) is 1. The van der Waals surface area contributed by atoms with Gasteiger partial charge in [-0.05, 0) is 46.4 Å². The summed E-state index contributed by atoms with van der Waals surface area (Å²) in [6, 6.07) is 4.45. The van der Waals surface area contributed by atoms with E-state index in [9.17, 15) is 13.6 Å². The Hall–Kier alpha value is -0.230. The molecule has 0 amide bonds. The molecule has 0 aliphatic rings. The third-order valence-electron chi connectivity index (χ3n) is 1.78. The van der Waals surface area contributed by atoms with Gasteiger partial charge < -0.3 is 0 Å². The molecule has 15 heavy (non-hydrogen) atoms. The molecule has 0 aromatic heterocycles. The molecule has 0 N–H and O–H groups in total. The van der Waals surface area contributed by atoms with Gasteiger partial charge in [0.15, 0.2) is 5.78 Å². The average molecular weight is 345 g/mol. The first-order valence-electron chi connectivity index (χ1n) is 4.18. The van der Waals surface area contributed by atoms with Crippen molar-refractivity contribution in [3.05, 3.63) is 32.9 Å². The Balaban J connectivity index is 2.93. The van der Waals surface area contributed by atoms with Crippen LogP contribution >= 0.6 is 34.2 Å². The van der Waals surface area contributed by atoms with Crippen LogP contribution in [-0.2, 0) is 11.2 Å². The van der Waals surface area contributed by atoms with Crippen LogP contribution in [0.4, 0.5) is 8.78 Å². The molecule has 0 spiro atoms. The van der Waals surface area contributed by atoms with Crippen LogP contribution in [0.2, 0.25) is 0 Å². The zero-order chi connectivity index (χ0) is 11.4. The van der Waals surface area contributed by atoms with Crippen molar-refractivity contribution in [2.24, 2.45) is 0 Å². The summed E-state index contributed by atoms with van der Waals surface area (Å²) in [5, 5.41) is 0. The van der Waals surface area contributed by atoms with Crippen molar-refractivity contribution in [3.63, 3.8) is 0 Å². The number of halogens is 4. The van der Waals surface area contributed by atoms with Crippen LogP contribution in [0.1, 0.15) is 17.6 Å². The van der Waals surface area contributed by atoms with Crippen LogP contribution in [-0.4, -0.2) is 11.7 Å². The molecular weight excluding hydrogens is 336 g/mol. The highest BCUT2D eigenvalue weighted by Crippen LogP contribution is 2.22. The first-order valence-corrected chi connectivity index (χ1v) is 5.79. The number of benzene rings is 1. The zero-order valence-corrected chi connectivity index (χ0v) is 10.6. The molecule has 0 bridgehead atoms. The highest BCUT2D eigenvalue weighted by molar-refractivity contribution is 14.1. The van der Waals surface area contributed by atoms with Gasteiger partial charge in [0, 0.05) is 15.6 Å². The summed E-state index contributed by atoms with van der Waals surface area (Å²) < 4.78 is 25.6. The molecule has 82 valence electrons. The van der Waals surface area contributed by atoms with Gasteiger partial charge in [-0.3, -0.25) is 4.79 Å². The minimum absolute atomic E-state index is 0.0562. The van der Waals surface area contributed by atoms with Crippen molar-refractivity contribution in [1.82, 2.24) is 0 Å².